The Morgan fingerprint density at radius 3 is 0.968 bits per heavy atom. The molecule has 6 nitrogen and oxygen atoms in total. The molecule has 0 N–H and O–H groups in total. The number of nitrogens with zero attached hydrogens (tertiary/aromatic N) is 6. The Bertz CT molecular complexity index is 1040. The molecule has 0 aliphatic rings. The largest absolute Gasteiger partial charge is 0.325 e. The lowest BCUT2D eigenvalue weighted by Gasteiger charge is -2.17. The number of azo groups is 3. The zero-order valence-corrected chi connectivity index (χ0v) is 16.7. The van der Waals surface area contributed by atoms with Gasteiger partial charge in [-0.15, -0.1) is 15.3 Å². The van der Waals surface area contributed by atoms with E-state index in [1.165, 1.54) is 0 Å². The van der Waals surface area contributed by atoms with Crippen LogP contribution >= 0.6 is 0 Å². The minimum atomic E-state index is -1.47. The van der Waals surface area contributed by atoms with Gasteiger partial charge in [0.2, 0.25) is 0 Å². The molecule has 0 atom stereocenters. The van der Waals surface area contributed by atoms with Crippen LogP contribution in [0.25, 0.3) is 0 Å². The zero-order valence-electron chi connectivity index (χ0n) is 16.7. The summed E-state index contributed by atoms with van der Waals surface area (Å²) >= 11 is 0. The Kier molecular flexibility index (Phi) is 6.40. The zero-order chi connectivity index (χ0) is 21.2. The van der Waals surface area contributed by atoms with Crippen LogP contribution in [0.4, 0.5) is 17.1 Å². The third kappa shape index (κ3) is 5.39. The van der Waals surface area contributed by atoms with Crippen LogP contribution < -0.4 is 0 Å². The van der Waals surface area contributed by atoms with E-state index >= 15 is 0 Å². The molecule has 0 spiro atoms. The van der Waals surface area contributed by atoms with Crippen LogP contribution in [-0.4, -0.2) is 0 Å². The molecule has 0 unspecified atom stereocenters. The topological polar surface area (TPSA) is 74.2 Å². The van der Waals surface area contributed by atoms with Crippen molar-refractivity contribution >= 4 is 17.1 Å². The molecule has 0 amide bonds. The third-order valence-corrected chi connectivity index (χ3v) is 4.34. The molecule has 4 aromatic rings. The Morgan fingerprint density at radius 1 is 0.355 bits per heavy atom. The molecule has 0 radical (unpaired) electrons. The summed E-state index contributed by atoms with van der Waals surface area (Å²) in [5, 5.41) is 26.8. The number of hydrogen-bond donors (Lipinski definition) is 0. The molecule has 4 aromatic carbocycles. The van der Waals surface area contributed by atoms with Crippen molar-refractivity contribution in [3.05, 3.63) is 127 Å². The fourth-order valence-corrected chi connectivity index (χ4v) is 2.76. The fraction of sp³-hybridized carbons (Fsp3) is 0.0400. The molecule has 31 heavy (non-hydrogen) atoms. The highest BCUT2D eigenvalue weighted by molar-refractivity contribution is 5.37. The monoisotopic (exact) mass is 404 g/mol. The summed E-state index contributed by atoms with van der Waals surface area (Å²) in [5.41, 5.74) is 2.77. The van der Waals surface area contributed by atoms with Gasteiger partial charge in [0, 0.05) is 5.56 Å². The summed E-state index contributed by atoms with van der Waals surface area (Å²) in [6, 6.07) is 37.8. The minimum Gasteiger partial charge on any atom is -0.151 e. The number of benzene rings is 4. The highest BCUT2D eigenvalue weighted by atomic mass is 15.4. The maximum Gasteiger partial charge on any atom is 0.325 e. The summed E-state index contributed by atoms with van der Waals surface area (Å²) in [6.45, 7) is 0. The van der Waals surface area contributed by atoms with Gasteiger partial charge in [-0.3, -0.25) is 0 Å². The summed E-state index contributed by atoms with van der Waals surface area (Å²) in [7, 11) is 0. The first-order valence-electron chi connectivity index (χ1n) is 9.83. The Labute approximate surface area is 180 Å². The second-order valence-corrected chi connectivity index (χ2v) is 6.61. The van der Waals surface area contributed by atoms with Crippen molar-refractivity contribution in [3.8, 4) is 0 Å². The summed E-state index contributed by atoms with van der Waals surface area (Å²) in [6.07, 6.45) is 0. The average Bonchev–Trinajstić information content (AvgIpc) is 2.86. The summed E-state index contributed by atoms with van der Waals surface area (Å²) in [4.78, 5) is 0. The van der Waals surface area contributed by atoms with E-state index in [9.17, 15) is 0 Å². The van der Waals surface area contributed by atoms with Crippen LogP contribution in [0, 0.1) is 0 Å². The van der Waals surface area contributed by atoms with Crippen LogP contribution in [0.1, 0.15) is 5.56 Å². The van der Waals surface area contributed by atoms with Gasteiger partial charge >= 0.3 is 5.79 Å². The van der Waals surface area contributed by atoms with Crippen molar-refractivity contribution in [2.24, 2.45) is 30.7 Å². The lowest BCUT2D eigenvalue weighted by atomic mass is 10.1. The average molecular weight is 404 g/mol. The molecule has 6 heteroatoms. The van der Waals surface area contributed by atoms with E-state index in [2.05, 4.69) is 30.7 Å². The molecule has 0 saturated heterocycles. The Hall–Kier alpha value is -4.32. The molecule has 0 bridgehead atoms. The summed E-state index contributed by atoms with van der Waals surface area (Å²) in [5.74, 6) is -1.47. The first-order valence-corrected chi connectivity index (χ1v) is 9.83. The maximum absolute atomic E-state index is 4.53. The van der Waals surface area contributed by atoms with E-state index in [1.807, 2.05) is 121 Å². The van der Waals surface area contributed by atoms with E-state index in [0.717, 1.165) is 0 Å². The second-order valence-electron chi connectivity index (χ2n) is 6.61. The molecule has 0 aliphatic heterocycles. The molecule has 0 fully saturated rings. The molecular weight excluding hydrogens is 384 g/mol. The van der Waals surface area contributed by atoms with Crippen molar-refractivity contribution in [1.82, 2.24) is 0 Å². The molecule has 0 aromatic heterocycles. The van der Waals surface area contributed by atoms with E-state index in [4.69, 9.17) is 0 Å². The van der Waals surface area contributed by atoms with Gasteiger partial charge < -0.3 is 0 Å². The predicted molar refractivity (Wildman–Crippen MR) is 121 cm³/mol. The molecule has 0 aliphatic carbocycles. The SMILES string of the molecule is c1ccc(N=NC(N=Nc2ccccc2)(N=Nc2ccccc2)c2ccccc2)cc1. The third-order valence-electron chi connectivity index (χ3n) is 4.34. The maximum atomic E-state index is 4.53. The standard InChI is InChI=1S/C25H20N6/c1-5-13-21(14-6-1)25(29-26-22-15-7-2-8-16-22,30-27-23-17-9-3-10-18-23)31-28-24-19-11-4-12-20-24/h1-20H. The molecular formula is C25H20N6. The van der Waals surface area contributed by atoms with Gasteiger partial charge in [0.05, 0.1) is 17.1 Å². The van der Waals surface area contributed by atoms with Gasteiger partial charge in [0.15, 0.2) is 0 Å². The van der Waals surface area contributed by atoms with Crippen molar-refractivity contribution < 1.29 is 0 Å². The van der Waals surface area contributed by atoms with Crippen molar-refractivity contribution in [2.75, 3.05) is 0 Å². The normalized spacial score (nSPS) is 13.7. The van der Waals surface area contributed by atoms with E-state index in [1.54, 1.807) is 0 Å². The van der Waals surface area contributed by atoms with Crippen molar-refractivity contribution in [3.63, 3.8) is 0 Å². The van der Waals surface area contributed by atoms with Crippen molar-refractivity contribution in [1.29, 1.82) is 0 Å². The highest BCUT2D eigenvalue weighted by Gasteiger charge is 2.33. The predicted octanol–water partition coefficient (Wildman–Crippen LogP) is 8.15. The lowest BCUT2D eigenvalue weighted by Crippen LogP contribution is -2.16. The molecule has 0 saturated carbocycles. The van der Waals surface area contributed by atoms with E-state index in [-0.39, 0.29) is 0 Å². The first kappa shape index (κ1) is 20.0. The van der Waals surface area contributed by atoms with Gasteiger partial charge in [-0.2, -0.15) is 15.3 Å². The highest BCUT2D eigenvalue weighted by Crippen LogP contribution is 2.34. The molecule has 150 valence electrons. The van der Waals surface area contributed by atoms with Crippen LogP contribution in [0.5, 0.6) is 0 Å². The van der Waals surface area contributed by atoms with Crippen LogP contribution in [0.15, 0.2) is 152 Å². The lowest BCUT2D eigenvalue weighted by molar-refractivity contribution is 0.429. The van der Waals surface area contributed by atoms with Gasteiger partial charge in [-0.25, -0.2) is 0 Å². The van der Waals surface area contributed by atoms with Crippen LogP contribution in [0.2, 0.25) is 0 Å². The Morgan fingerprint density at radius 2 is 0.645 bits per heavy atom. The van der Waals surface area contributed by atoms with Crippen LogP contribution in [-0.2, 0) is 5.79 Å². The van der Waals surface area contributed by atoms with Gasteiger partial charge in [-0.1, -0.05) is 84.9 Å². The van der Waals surface area contributed by atoms with Gasteiger partial charge in [-0.05, 0) is 36.4 Å². The number of rotatable bonds is 7. The van der Waals surface area contributed by atoms with Crippen LogP contribution in [0.3, 0.4) is 0 Å². The quantitative estimate of drug-likeness (QED) is 0.279. The van der Waals surface area contributed by atoms with E-state index in [0.29, 0.717) is 22.6 Å². The first-order chi connectivity index (χ1) is 15.3. The molecule has 4 rings (SSSR count). The Balaban J connectivity index is 1.83. The smallest absolute Gasteiger partial charge is 0.151 e. The van der Waals surface area contributed by atoms with Crippen molar-refractivity contribution in [2.45, 2.75) is 5.79 Å². The van der Waals surface area contributed by atoms with Gasteiger partial charge in [0.25, 0.3) is 0 Å². The second kappa shape index (κ2) is 9.93. The minimum absolute atomic E-state index is 0.688. The van der Waals surface area contributed by atoms with E-state index < -0.39 is 5.79 Å². The fourth-order valence-electron chi connectivity index (χ4n) is 2.76. The summed E-state index contributed by atoms with van der Waals surface area (Å²) < 4.78 is 0. The number of hydrogen-bond acceptors (Lipinski definition) is 6. The molecule has 0 heterocycles. The van der Waals surface area contributed by atoms with Gasteiger partial charge in [0.1, 0.15) is 0 Å².